The van der Waals surface area contributed by atoms with Crippen LogP contribution in [0.1, 0.15) is 67.3 Å². The van der Waals surface area contributed by atoms with E-state index in [9.17, 15) is 0 Å². The molecule has 1 heterocycles. The smallest absolute Gasteiger partial charge is 0.120 e. The summed E-state index contributed by atoms with van der Waals surface area (Å²) in [6.07, 6.45) is 0. The summed E-state index contributed by atoms with van der Waals surface area (Å²) in [6, 6.07) is 25.3. The highest BCUT2D eigenvalue weighted by Gasteiger charge is 2.22. The van der Waals surface area contributed by atoms with Crippen molar-refractivity contribution >= 4 is 17.0 Å². The Morgan fingerprint density at radius 1 is 0.818 bits per heavy atom. The molecule has 0 saturated heterocycles. The molecule has 0 amide bonds. The van der Waals surface area contributed by atoms with E-state index < -0.39 is 0 Å². The third-order valence-corrected chi connectivity index (χ3v) is 6.84. The Morgan fingerprint density at radius 3 is 2.12 bits per heavy atom. The van der Waals surface area contributed by atoms with E-state index in [0.717, 1.165) is 22.0 Å². The summed E-state index contributed by atoms with van der Waals surface area (Å²) in [5.41, 5.74) is 7.15. The zero-order valence-electron chi connectivity index (χ0n) is 20.0. The molecule has 4 rings (SSSR count). The van der Waals surface area contributed by atoms with Crippen molar-refractivity contribution in [3.8, 4) is 17.0 Å². The predicted molar refractivity (Wildman–Crippen MR) is 141 cm³/mol. The molecule has 4 aromatic rings. The van der Waals surface area contributed by atoms with Crippen LogP contribution in [0.3, 0.4) is 0 Å². The van der Waals surface area contributed by atoms with Gasteiger partial charge in [-0.15, -0.1) is 11.3 Å². The first-order valence-corrected chi connectivity index (χ1v) is 12.4. The minimum atomic E-state index is -0.0343. The van der Waals surface area contributed by atoms with Gasteiger partial charge in [-0.05, 0) is 40.7 Å². The molecule has 0 aliphatic carbocycles. The third kappa shape index (κ3) is 5.12. The van der Waals surface area contributed by atoms with Gasteiger partial charge in [0.1, 0.15) is 16.8 Å². The van der Waals surface area contributed by atoms with E-state index in [2.05, 4.69) is 93.0 Å². The second-order valence-corrected chi connectivity index (χ2v) is 9.80. The number of benzene rings is 3. The Kier molecular flexibility index (Phi) is 7.14. The average molecular weight is 457 g/mol. The normalized spacial score (nSPS) is 12.2. The van der Waals surface area contributed by atoms with Gasteiger partial charge >= 0.3 is 0 Å². The van der Waals surface area contributed by atoms with Gasteiger partial charge in [-0.1, -0.05) is 88.4 Å². The van der Waals surface area contributed by atoms with Crippen LogP contribution in [0, 0.1) is 0 Å². The zero-order chi connectivity index (χ0) is 23.4. The van der Waals surface area contributed by atoms with Crippen molar-refractivity contribution in [3.63, 3.8) is 0 Å². The van der Waals surface area contributed by atoms with E-state index in [1.165, 1.54) is 22.4 Å². The molecule has 170 valence electrons. The Bertz CT molecular complexity index is 1170. The van der Waals surface area contributed by atoms with Gasteiger partial charge in [0.15, 0.2) is 0 Å². The van der Waals surface area contributed by atoms with Crippen molar-refractivity contribution in [2.75, 3.05) is 12.4 Å². The molecule has 33 heavy (non-hydrogen) atoms. The molecule has 0 aliphatic heterocycles. The summed E-state index contributed by atoms with van der Waals surface area (Å²) < 4.78 is 5.41. The number of aromatic nitrogens is 1. The van der Waals surface area contributed by atoms with Crippen molar-refractivity contribution in [1.82, 2.24) is 4.98 Å². The summed E-state index contributed by atoms with van der Waals surface area (Å²) in [5, 5.41) is 7.11. The van der Waals surface area contributed by atoms with Crippen LogP contribution in [-0.2, 0) is 0 Å². The van der Waals surface area contributed by atoms with Crippen LogP contribution in [0.5, 0.6) is 5.75 Å². The fourth-order valence-electron chi connectivity index (χ4n) is 4.13. The van der Waals surface area contributed by atoms with Crippen LogP contribution in [0.25, 0.3) is 11.3 Å². The predicted octanol–water partition coefficient (Wildman–Crippen LogP) is 8.27. The summed E-state index contributed by atoms with van der Waals surface area (Å²) in [6.45, 7) is 9.03. The second-order valence-electron chi connectivity index (χ2n) is 8.91. The standard InChI is InChI=1S/C29H32N2OS/c1-19(2)24-15-10-16-25(20(3)4)28(24)31-27(21-11-7-6-8-12-21)29-30-26(18-33-29)22-13-9-14-23(17-22)32-5/h6-20,27,31H,1-5H3. The van der Waals surface area contributed by atoms with Crippen LogP contribution >= 0.6 is 11.3 Å². The molecule has 4 heteroatoms. The molecule has 1 N–H and O–H groups in total. The highest BCUT2D eigenvalue weighted by Crippen LogP contribution is 2.38. The van der Waals surface area contributed by atoms with Gasteiger partial charge in [0.05, 0.1) is 12.8 Å². The van der Waals surface area contributed by atoms with Gasteiger partial charge in [-0.25, -0.2) is 4.98 Å². The van der Waals surface area contributed by atoms with Crippen LogP contribution in [0.4, 0.5) is 5.69 Å². The minimum Gasteiger partial charge on any atom is -0.497 e. The van der Waals surface area contributed by atoms with Crippen molar-refractivity contribution < 1.29 is 4.74 Å². The Labute approximate surface area is 201 Å². The van der Waals surface area contributed by atoms with Crippen molar-refractivity contribution in [3.05, 3.63) is 99.9 Å². The molecule has 0 spiro atoms. The molecule has 1 aromatic heterocycles. The lowest BCUT2D eigenvalue weighted by Crippen LogP contribution is -2.16. The Hall–Kier alpha value is -3.11. The van der Waals surface area contributed by atoms with Crippen molar-refractivity contribution in [1.29, 1.82) is 0 Å². The number of anilines is 1. The number of para-hydroxylation sites is 1. The highest BCUT2D eigenvalue weighted by atomic mass is 32.1. The van der Waals surface area contributed by atoms with E-state index in [0.29, 0.717) is 11.8 Å². The molecule has 0 aliphatic rings. The first-order valence-electron chi connectivity index (χ1n) is 11.5. The first kappa shape index (κ1) is 23.1. The van der Waals surface area contributed by atoms with Crippen LogP contribution in [0.2, 0.25) is 0 Å². The number of thiazole rings is 1. The van der Waals surface area contributed by atoms with Crippen molar-refractivity contribution in [2.24, 2.45) is 0 Å². The maximum atomic E-state index is 5.41. The van der Waals surface area contributed by atoms with E-state index in [1.54, 1.807) is 18.4 Å². The number of rotatable bonds is 8. The monoisotopic (exact) mass is 456 g/mol. The van der Waals surface area contributed by atoms with Gasteiger partial charge in [-0.3, -0.25) is 0 Å². The van der Waals surface area contributed by atoms with Crippen molar-refractivity contribution in [2.45, 2.75) is 45.6 Å². The fourth-order valence-corrected chi connectivity index (χ4v) is 5.03. The minimum absolute atomic E-state index is 0.0343. The number of methoxy groups -OCH3 is 1. The first-order chi connectivity index (χ1) is 16.0. The molecular formula is C29H32N2OS. The highest BCUT2D eigenvalue weighted by molar-refractivity contribution is 7.10. The fraction of sp³-hybridized carbons (Fsp3) is 0.276. The molecule has 3 aromatic carbocycles. The number of hydrogen-bond acceptors (Lipinski definition) is 4. The van der Waals surface area contributed by atoms with Gasteiger partial charge in [0.2, 0.25) is 0 Å². The van der Waals surface area contributed by atoms with Crippen LogP contribution < -0.4 is 10.1 Å². The molecule has 1 atom stereocenters. The summed E-state index contributed by atoms with van der Waals surface area (Å²) >= 11 is 1.69. The molecular weight excluding hydrogens is 424 g/mol. The molecule has 0 radical (unpaired) electrons. The number of hydrogen-bond donors (Lipinski definition) is 1. The summed E-state index contributed by atoms with van der Waals surface area (Å²) in [7, 11) is 1.69. The maximum absolute atomic E-state index is 5.41. The number of ether oxygens (including phenoxy) is 1. The topological polar surface area (TPSA) is 34.1 Å². The lowest BCUT2D eigenvalue weighted by molar-refractivity contribution is 0.415. The maximum Gasteiger partial charge on any atom is 0.120 e. The van der Waals surface area contributed by atoms with Gasteiger partial charge < -0.3 is 10.1 Å². The molecule has 1 unspecified atom stereocenters. The molecule has 3 nitrogen and oxygen atoms in total. The average Bonchev–Trinajstić information content (AvgIpc) is 3.32. The van der Waals surface area contributed by atoms with Crippen LogP contribution in [0.15, 0.2) is 78.2 Å². The van der Waals surface area contributed by atoms with E-state index >= 15 is 0 Å². The lowest BCUT2D eigenvalue weighted by Gasteiger charge is -2.26. The molecule has 0 bridgehead atoms. The Balaban J connectivity index is 1.79. The van der Waals surface area contributed by atoms with E-state index in [-0.39, 0.29) is 6.04 Å². The lowest BCUT2D eigenvalue weighted by atomic mass is 9.92. The van der Waals surface area contributed by atoms with E-state index in [1.807, 2.05) is 18.2 Å². The summed E-state index contributed by atoms with van der Waals surface area (Å²) in [5.74, 6) is 1.68. The number of nitrogens with zero attached hydrogens (tertiary/aromatic N) is 1. The second kappa shape index (κ2) is 10.2. The van der Waals surface area contributed by atoms with Gasteiger partial charge in [0.25, 0.3) is 0 Å². The largest absolute Gasteiger partial charge is 0.497 e. The van der Waals surface area contributed by atoms with Crippen LogP contribution in [-0.4, -0.2) is 12.1 Å². The molecule has 0 fully saturated rings. The van der Waals surface area contributed by atoms with E-state index in [4.69, 9.17) is 9.72 Å². The number of nitrogens with one attached hydrogen (secondary N) is 1. The zero-order valence-corrected chi connectivity index (χ0v) is 20.8. The van der Waals surface area contributed by atoms with Gasteiger partial charge in [0, 0.05) is 16.6 Å². The third-order valence-electron chi connectivity index (χ3n) is 5.93. The molecule has 0 saturated carbocycles. The van der Waals surface area contributed by atoms with Gasteiger partial charge in [-0.2, -0.15) is 0 Å². The quantitative estimate of drug-likeness (QED) is 0.290. The Morgan fingerprint density at radius 2 is 1.48 bits per heavy atom. The summed E-state index contributed by atoms with van der Waals surface area (Å²) in [4.78, 5) is 5.08. The SMILES string of the molecule is COc1cccc(-c2csc(C(Nc3c(C(C)C)cccc3C(C)C)c3ccccc3)n2)c1.